The Morgan fingerprint density at radius 1 is 0.864 bits per heavy atom. The third kappa shape index (κ3) is 6.21. The normalized spacial score (nSPS) is 12.9. The molecule has 2 N–H and O–H groups in total. The van der Waals surface area contributed by atoms with Crippen LogP contribution < -0.4 is 24.0 Å². The average molecular weight is 603 g/mol. The van der Waals surface area contributed by atoms with Crippen LogP contribution in [0.2, 0.25) is 0 Å². The fourth-order valence-electron chi connectivity index (χ4n) is 5.44. The molecule has 0 aliphatic carbocycles. The lowest BCUT2D eigenvalue weighted by Gasteiger charge is -2.31. The van der Waals surface area contributed by atoms with E-state index in [9.17, 15) is 19.8 Å². The van der Waals surface area contributed by atoms with Gasteiger partial charge in [-0.3, -0.25) is 5.01 Å². The number of benzene rings is 3. The summed E-state index contributed by atoms with van der Waals surface area (Å²) in [7, 11) is 6.16. The summed E-state index contributed by atoms with van der Waals surface area (Å²) in [4.78, 5) is 23.8. The van der Waals surface area contributed by atoms with Crippen LogP contribution in [0.4, 0.5) is 5.69 Å². The predicted molar refractivity (Wildman–Crippen MR) is 169 cm³/mol. The van der Waals surface area contributed by atoms with Crippen molar-refractivity contribution in [3.05, 3.63) is 83.6 Å². The van der Waals surface area contributed by atoms with E-state index < -0.39 is 11.9 Å². The Morgan fingerprint density at radius 2 is 1.55 bits per heavy atom. The second-order valence-corrected chi connectivity index (χ2v) is 10.2. The summed E-state index contributed by atoms with van der Waals surface area (Å²) >= 11 is 0. The van der Waals surface area contributed by atoms with E-state index in [-0.39, 0.29) is 17.6 Å². The molecule has 4 rings (SSSR count). The van der Waals surface area contributed by atoms with Gasteiger partial charge in [0.2, 0.25) is 0 Å². The Labute approximate surface area is 257 Å². The number of hydrazine groups is 1. The molecule has 232 valence electrons. The molecule has 44 heavy (non-hydrogen) atoms. The predicted octanol–water partition coefficient (Wildman–Crippen LogP) is 6.15. The maximum Gasteiger partial charge on any atom is 0.336 e. The van der Waals surface area contributed by atoms with Gasteiger partial charge < -0.3 is 29.2 Å². The van der Waals surface area contributed by atoms with Crippen LogP contribution in [0, 0.1) is 0 Å². The fraction of sp³-hybridized carbons (Fsp3) is 0.294. The highest BCUT2D eigenvalue weighted by molar-refractivity contribution is 5.99. The molecule has 3 aromatic carbocycles. The van der Waals surface area contributed by atoms with Crippen molar-refractivity contribution in [1.82, 2.24) is 5.01 Å². The van der Waals surface area contributed by atoms with Gasteiger partial charge >= 0.3 is 11.9 Å². The maximum atomic E-state index is 12.2. The lowest BCUT2D eigenvalue weighted by atomic mass is 9.96. The molecule has 0 saturated heterocycles. The van der Waals surface area contributed by atoms with E-state index in [1.807, 2.05) is 23.3 Å². The Morgan fingerprint density at radius 3 is 2.16 bits per heavy atom. The second-order valence-electron chi connectivity index (χ2n) is 10.2. The van der Waals surface area contributed by atoms with Crippen molar-refractivity contribution in [1.29, 1.82) is 0 Å². The van der Waals surface area contributed by atoms with Crippen LogP contribution in [-0.2, 0) is 11.2 Å². The van der Waals surface area contributed by atoms with Crippen molar-refractivity contribution in [2.75, 3.05) is 46.5 Å². The first-order valence-electron chi connectivity index (χ1n) is 14.2. The number of carboxylic acids is 2. The molecular formula is C34H38N2O8. The molecule has 0 spiro atoms. The second kappa shape index (κ2) is 14.0. The number of unbranched alkanes of at least 4 members (excludes halogenated alkanes) is 1. The number of nitrogens with zero attached hydrogens (tertiary/aromatic N) is 2. The number of aromatic carboxylic acids is 1. The summed E-state index contributed by atoms with van der Waals surface area (Å²) in [5.41, 5.74) is 4.14. The Kier molecular flexibility index (Phi) is 10.2. The van der Waals surface area contributed by atoms with Gasteiger partial charge in [-0.25, -0.2) is 14.6 Å². The highest BCUT2D eigenvalue weighted by atomic mass is 16.5. The molecular weight excluding hydrogens is 564 g/mol. The van der Waals surface area contributed by atoms with Crippen LogP contribution in [0.3, 0.4) is 0 Å². The zero-order valence-corrected chi connectivity index (χ0v) is 25.7. The molecule has 1 heterocycles. The number of carbonyl (C=O) groups is 2. The summed E-state index contributed by atoms with van der Waals surface area (Å²) in [5, 5.41) is 23.7. The number of carboxylic acid groups (broad SMARTS) is 2. The number of rotatable bonds is 14. The summed E-state index contributed by atoms with van der Waals surface area (Å²) in [5.74, 6) is -0.211. The van der Waals surface area contributed by atoms with E-state index in [1.54, 1.807) is 50.6 Å². The first-order valence-corrected chi connectivity index (χ1v) is 14.2. The van der Waals surface area contributed by atoms with Gasteiger partial charge in [-0.05, 0) is 42.3 Å². The minimum atomic E-state index is -1.09. The quantitative estimate of drug-likeness (QED) is 0.208. The van der Waals surface area contributed by atoms with E-state index in [2.05, 4.69) is 18.5 Å². The molecule has 0 saturated carbocycles. The molecule has 0 radical (unpaired) electrons. The summed E-state index contributed by atoms with van der Waals surface area (Å²) in [6.07, 6.45) is 3.94. The highest BCUT2D eigenvalue weighted by Crippen LogP contribution is 2.48. The number of hydrogen-bond acceptors (Lipinski definition) is 8. The largest absolute Gasteiger partial charge is 0.496 e. The standard InChI is InChI=1S/C34H38N2O8/c1-7-8-17-35-19-22(23-13-15-28(41-3)26(31(23)43-5)18-21(2)33(37)38)20-36(35)27-14-16-29(42-4)30(32(27)44-6)24-11-9-10-12-25(24)34(39)40/h9-16,20H,2,7-8,17-19H2,1,3-6H3,(H,37,38)(H,39,40). The van der Waals surface area contributed by atoms with Crippen LogP contribution in [0.5, 0.6) is 23.0 Å². The van der Waals surface area contributed by atoms with Gasteiger partial charge in [0.25, 0.3) is 0 Å². The molecule has 0 atom stereocenters. The minimum Gasteiger partial charge on any atom is -0.496 e. The molecule has 0 unspecified atom stereocenters. The van der Waals surface area contributed by atoms with Gasteiger partial charge in [0, 0.05) is 48.0 Å². The van der Waals surface area contributed by atoms with Crippen LogP contribution >= 0.6 is 0 Å². The van der Waals surface area contributed by atoms with Crippen LogP contribution in [0.1, 0.15) is 41.3 Å². The maximum absolute atomic E-state index is 12.2. The number of methoxy groups -OCH3 is 4. The van der Waals surface area contributed by atoms with Crippen LogP contribution in [0.15, 0.2) is 66.9 Å². The van der Waals surface area contributed by atoms with E-state index >= 15 is 0 Å². The monoisotopic (exact) mass is 602 g/mol. The van der Waals surface area contributed by atoms with E-state index in [0.717, 1.165) is 30.5 Å². The molecule has 0 aromatic heterocycles. The van der Waals surface area contributed by atoms with Crippen molar-refractivity contribution in [2.24, 2.45) is 0 Å². The van der Waals surface area contributed by atoms with Crippen molar-refractivity contribution >= 4 is 23.2 Å². The summed E-state index contributed by atoms with van der Waals surface area (Å²) < 4.78 is 23.1. The van der Waals surface area contributed by atoms with Gasteiger partial charge in [0.15, 0.2) is 5.75 Å². The number of hydrogen-bond donors (Lipinski definition) is 2. The number of anilines is 1. The van der Waals surface area contributed by atoms with Gasteiger partial charge in [0.1, 0.15) is 22.9 Å². The lowest BCUT2D eigenvalue weighted by Crippen LogP contribution is -2.36. The molecule has 10 nitrogen and oxygen atoms in total. The highest BCUT2D eigenvalue weighted by Gasteiger charge is 2.31. The first kappa shape index (κ1) is 32.0. The van der Waals surface area contributed by atoms with Crippen molar-refractivity contribution < 1.29 is 38.7 Å². The minimum absolute atomic E-state index is 0.0162. The summed E-state index contributed by atoms with van der Waals surface area (Å²) in [6.45, 7) is 7.08. The molecule has 1 aliphatic heterocycles. The molecule has 0 fully saturated rings. The first-order chi connectivity index (χ1) is 21.2. The van der Waals surface area contributed by atoms with Gasteiger partial charge in [-0.15, -0.1) is 0 Å². The van der Waals surface area contributed by atoms with Gasteiger partial charge in [-0.1, -0.05) is 38.1 Å². The smallest absolute Gasteiger partial charge is 0.336 e. The molecule has 1 aliphatic rings. The topological polar surface area (TPSA) is 118 Å². The van der Waals surface area contributed by atoms with Crippen molar-refractivity contribution in [3.8, 4) is 34.1 Å². The lowest BCUT2D eigenvalue weighted by molar-refractivity contribution is -0.132. The van der Waals surface area contributed by atoms with E-state index in [0.29, 0.717) is 51.9 Å². The van der Waals surface area contributed by atoms with Crippen molar-refractivity contribution in [3.63, 3.8) is 0 Å². The zero-order chi connectivity index (χ0) is 32.0. The number of aliphatic carboxylic acids is 1. The zero-order valence-electron chi connectivity index (χ0n) is 25.7. The third-order valence-corrected chi connectivity index (χ3v) is 7.58. The Hall–Kier alpha value is -4.96. The summed E-state index contributed by atoms with van der Waals surface area (Å²) in [6, 6.07) is 14.1. The third-order valence-electron chi connectivity index (χ3n) is 7.58. The van der Waals surface area contributed by atoms with E-state index in [4.69, 9.17) is 18.9 Å². The Balaban J connectivity index is 1.92. The average Bonchev–Trinajstić information content (AvgIpc) is 3.46. The Bertz CT molecular complexity index is 1600. The molecule has 3 aromatic rings. The SMILES string of the molecule is C=C(Cc1c(OC)ccc(C2=CN(c3ccc(OC)c(-c4ccccc4C(=O)O)c3OC)N(CCCC)C2)c1OC)C(=O)O. The fourth-order valence-corrected chi connectivity index (χ4v) is 5.44. The van der Waals surface area contributed by atoms with Crippen LogP contribution in [-0.4, -0.2) is 68.7 Å². The molecule has 10 heteroatoms. The van der Waals surface area contributed by atoms with Crippen molar-refractivity contribution in [2.45, 2.75) is 26.2 Å². The molecule has 0 bridgehead atoms. The molecule has 0 amide bonds. The van der Waals surface area contributed by atoms with Gasteiger partial charge in [-0.2, -0.15) is 0 Å². The van der Waals surface area contributed by atoms with Gasteiger partial charge in [0.05, 0.1) is 39.6 Å². The van der Waals surface area contributed by atoms with Crippen LogP contribution in [0.25, 0.3) is 16.7 Å². The van der Waals surface area contributed by atoms with E-state index in [1.165, 1.54) is 14.2 Å². The number of ether oxygens (including phenoxy) is 4.